The molecule has 2 rings (SSSR count). The summed E-state index contributed by atoms with van der Waals surface area (Å²) in [5.74, 6) is -0.655. The zero-order valence-corrected chi connectivity index (χ0v) is 11.6. The summed E-state index contributed by atoms with van der Waals surface area (Å²) in [4.78, 5) is 26.3. The van der Waals surface area contributed by atoms with Gasteiger partial charge < -0.3 is 11.1 Å². The number of carbonyl (C=O) groups excluding carboxylic acids is 2. The third kappa shape index (κ3) is 4.80. The molecule has 0 aliphatic carbocycles. The zero-order valence-electron chi connectivity index (χ0n) is 10.8. The molecule has 0 aliphatic rings. The number of aromatic nitrogens is 2. The van der Waals surface area contributed by atoms with Gasteiger partial charge in [0.1, 0.15) is 5.82 Å². The van der Waals surface area contributed by atoms with Crippen LogP contribution >= 0.6 is 11.5 Å². The molecule has 7 nitrogen and oxygen atoms in total. The van der Waals surface area contributed by atoms with Crippen molar-refractivity contribution in [1.29, 1.82) is 0 Å². The lowest BCUT2D eigenvalue weighted by Crippen LogP contribution is -2.28. The molecule has 21 heavy (non-hydrogen) atoms. The fraction of sp³-hybridized carbons (Fsp3) is 0.167. The summed E-state index contributed by atoms with van der Waals surface area (Å²) in [5.41, 5.74) is 5.65. The van der Waals surface area contributed by atoms with Crippen LogP contribution in [0, 0.1) is 5.82 Å². The normalized spacial score (nSPS) is 10.1. The van der Waals surface area contributed by atoms with Crippen LogP contribution < -0.4 is 16.4 Å². The van der Waals surface area contributed by atoms with Crippen LogP contribution in [0.5, 0.6) is 0 Å². The molecular weight excluding hydrogens is 297 g/mol. The fourth-order valence-corrected chi connectivity index (χ4v) is 2.08. The summed E-state index contributed by atoms with van der Waals surface area (Å²) < 4.78 is 16.8. The van der Waals surface area contributed by atoms with Crippen LogP contribution in [-0.4, -0.2) is 21.3 Å². The predicted molar refractivity (Wildman–Crippen MR) is 75.1 cm³/mol. The van der Waals surface area contributed by atoms with Gasteiger partial charge in [-0.3, -0.25) is 10.1 Å². The van der Waals surface area contributed by atoms with Crippen LogP contribution in [0.1, 0.15) is 11.4 Å². The van der Waals surface area contributed by atoms with Crippen molar-refractivity contribution in [2.24, 2.45) is 5.73 Å². The van der Waals surface area contributed by atoms with Crippen LogP contribution in [0.2, 0.25) is 0 Å². The number of nitrogens with zero attached hydrogens (tertiary/aromatic N) is 2. The Balaban J connectivity index is 1.84. The first-order chi connectivity index (χ1) is 10.0. The second-order valence-corrected chi connectivity index (χ2v) is 4.85. The minimum absolute atomic E-state index is 0.0803. The first kappa shape index (κ1) is 14.9. The fourth-order valence-electron chi connectivity index (χ4n) is 1.50. The van der Waals surface area contributed by atoms with E-state index in [1.54, 1.807) is 12.1 Å². The van der Waals surface area contributed by atoms with Crippen molar-refractivity contribution in [3.05, 3.63) is 41.5 Å². The highest BCUT2D eigenvalue weighted by molar-refractivity contribution is 7.09. The molecule has 0 fully saturated rings. The van der Waals surface area contributed by atoms with Gasteiger partial charge in [0, 0.05) is 18.1 Å². The van der Waals surface area contributed by atoms with Crippen molar-refractivity contribution in [3.8, 4) is 0 Å². The number of benzene rings is 1. The molecule has 0 saturated carbocycles. The third-order valence-electron chi connectivity index (χ3n) is 2.36. The molecule has 1 aromatic heterocycles. The van der Waals surface area contributed by atoms with Gasteiger partial charge in [-0.05, 0) is 17.7 Å². The highest BCUT2D eigenvalue weighted by Gasteiger charge is 2.09. The van der Waals surface area contributed by atoms with Crippen LogP contribution in [0.4, 0.5) is 14.3 Å². The SMILES string of the molecule is NC(=O)Cc1nsc(NC(=O)NCc2cccc(F)c2)n1. The number of urea groups is 1. The van der Waals surface area contributed by atoms with Gasteiger partial charge in [-0.2, -0.15) is 4.37 Å². The highest BCUT2D eigenvalue weighted by Crippen LogP contribution is 2.11. The number of amides is 3. The largest absolute Gasteiger partial charge is 0.369 e. The minimum atomic E-state index is -0.546. The van der Waals surface area contributed by atoms with E-state index < -0.39 is 11.9 Å². The van der Waals surface area contributed by atoms with Crippen molar-refractivity contribution < 1.29 is 14.0 Å². The maximum atomic E-state index is 13.0. The molecule has 4 N–H and O–H groups in total. The highest BCUT2D eigenvalue weighted by atomic mass is 32.1. The number of primary amides is 1. The van der Waals surface area contributed by atoms with Crippen molar-refractivity contribution >= 4 is 28.6 Å². The number of rotatable bonds is 5. The van der Waals surface area contributed by atoms with Gasteiger partial charge in [0.15, 0.2) is 5.82 Å². The quantitative estimate of drug-likeness (QED) is 0.766. The molecule has 0 unspecified atom stereocenters. The van der Waals surface area contributed by atoms with E-state index in [-0.39, 0.29) is 29.7 Å². The van der Waals surface area contributed by atoms with E-state index in [0.717, 1.165) is 11.5 Å². The standard InChI is InChI=1S/C12H12FN5O2S/c13-8-3-1-2-7(4-8)6-15-11(20)17-12-16-10(18-21-12)5-9(14)19/h1-4H,5-6H2,(H2,14,19)(H2,15,16,17,18,20). The van der Waals surface area contributed by atoms with Crippen molar-refractivity contribution in [3.63, 3.8) is 0 Å². The van der Waals surface area contributed by atoms with Crippen LogP contribution in [0.15, 0.2) is 24.3 Å². The van der Waals surface area contributed by atoms with E-state index in [4.69, 9.17) is 5.73 Å². The number of nitrogens with two attached hydrogens (primary N) is 1. The lowest BCUT2D eigenvalue weighted by Gasteiger charge is -2.05. The second-order valence-electron chi connectivity index (χ2n) is 4.10. The van der Waals surface area contributed by atoms with E-state index in [1.807, 2.05) is 0 Å². The van der Waals surface area contributed by atoms with Gasteiger partial charge >= 0.3 is 6.03 Å². The molecule has 1 aromatic carbocycles. The molecule has 0 radical (unpaired) electrons. The number of hydrogen-bond donors (Lipinski definition) is 3. The Morgan fingerprint density at radius 2 is 2.19 bits per heavy atom. The van der Waals surface area contributed by atoms with Gasteiger partial charge in [0.05, 0.1) is 6.42 Å². The van der Waals surface area contributed by atoms with Crippen molar-refractivity contribution in [2.75, 3.05) is 5.32 Å². The van der Waals surface area contributed by atoms with Gasteiger partial charge in [-0.25, -0.2) is 14.2 Å². The number of halogens is 1. The first-order valence-corrected chi connectivity index (χ1v) is 6.70. The van der Waals surface area contributed by atoms with E-state index in [9.17, 15) is 14.0 Å². The first-order valence-electron chi connectivity index (χ1n) is 5.93. The third-order valence-corrected chi connectivity index (χ3v) is 3.03. The summed E-state index contributed by atoms with van der Waals surface area (Å²) in [5, 5.41) is 5.28. The average Bonchev–Trinajstić information content (AvgIpc) is 2.83. The number of hydrogen-bond acceptors (Lipinski definition) is 5. The molecule has 0 atom stereocenters. The van der Waals surface area contributed by atoms with Crippen molar-refractivity contribution in [1.82, 2.24) is 14.7 Å². The van der Waals surface area contributed by atoms with E-state index >= 15 is 0 Å². The molecule has 3 amide bonds. The number of nitrogens with one attached hydrogen (secondary N) is 2. The minimum Gasteiger partial charge on any atom is -0.369 e. The number of anilines is 1. The molecule has 0 aliphatic heterocycles. The Bertz CT molecular complexity index is 661. The Morgan fingerprint density at radius 3 is 2.90 bits per heavy atom. The molecule has 0 saturated heterocycles. The number of carbonyl (C=O) groups is 2. The summed E-state index contributed by atoms with van der Waals surface area (Å²) in [7, 11) is 0. The summed E-state index contributed by atoms with van der Waals surface area (Å²) in [6.45, 7) is 0.177. The van der Waals surface area contributed by atoms with E-state index in [0.29, 0.717) is 5.56 Å². The molecule has 110 valence electrons. The lowest BCUT2D eigenvalue weighted by molar-refractivity contribution is -0.117. The van der Waals surface area contributed by atoms with Crippen molar-refractivity contribution in [2.45, 2.75) is 13.0 Å². The zero-order chi connectivity index (χ0) is 15.2. The summed E-state index contributed by atoms with van der Waals surface area (Å²) >= 11 is 0.943. The Morgan fingerprint density at radius 1 is 1.38 bits per heavy atom. The van der Waals surface area contributed by atoms with Gasteiger partial charge in [0.25, 0.3) is 0 Å². The molecule has 2 aromatic rings. The molecule has 9 heteroatoms. The van der Waals surface area contributed by atoms with Gasteiger partial charge in [-0.1, -0.05) is 12.1 Å². The molecule has 0 bridgehead atoms. The molecule has 0 spiro atoms. The van der Waals surface area contributed by atoms with Gasteiger partial charge in [-0.15, -0.1) is 0 Å². The van der Waals surface area contributed by atoms with E-state index in [2.05, 4.69) is 20.0 Å². The predicted octanol–water partition coefficient (Wildman–Crippen LogP) is 1.03. The monoisotopic (exact) mass is 309 g/mol. The second kappa shape index (κ2) is 6.75. The molecular formula is C12H12FN5O2S. The Hall–Kier alpha value is -2.55. The van der Waals surface area contributed by atoms with Crippen LogP contribution in [0.3, 0.4) is 0 Å². The smallest absolute Gasteiger partial charge is 0.321 e. The molecule has 1 heterocycles. The van der Waals surface area contributed by atoms with E-state index in [1.165, 1.54) is 12.1 Å². The maximum absolute atomic E-state index is 13.0. The maximum Gasteiger partial charge on any atom is 0.321 e. The Kier molecular flexibility index (Phi) is 4.77. The Labute approximate surface area is 123 Å². The topological polar surface area (TPSA) is 110 Å². The summed E-state index contributed by atoms with van der Waals surface area (Å²) in [6, 6.07) is 5.41. The van der Waals surface area contributed by atoms with Crippen LogP contribution in [-0.2, 0) is 17.8 Å². The van der Waals surface area contributed by atoms with Crippen LogP contribution in [0.25, 0.3) is 0 Å². The summed E-state index contributed by atoms with van der Waals surface area (Å²) in [6.07, 6.45) is -0.0803. The lowest BCUT2D eigenvalue weighted by atomic mass is 10.2. The average molecular weight is 309 g/mol. The van der Waals surface area contributed by atoms with Gasteiger partial charge in [0.2, 0.25) is 11.0 Å².